The number of amides is 1. The Morgan fingerprint density at radius 1 is 1.34 bits per heavy atom. The monoisotopic (exact) mass is 417 g/mol. The highest BCUT2D eigenvalue weighted by atomic mass is 19.4. The second-order valence-electron chi connectivity index (χ2n) is 6.30. The first-order valence-electron chi connectivity index (χ1n) is 8.67. The lowest BCUT2D eigenvalue weighted by Crippen LogP contribution is -2.44. The number of hydrogen-bond donors (Lipinski definition) is 2. The molecule has 12 heteroatoms. The predicted octanol–water partition coefficient (Wildman–Crippen LogP) is 1.89. The van der Waals surface area contributed by atoms with E-state index in [1.165, 1.54) is 7.11 Å². The van der Waals surface area contributed by atoms with Crippen LogP contribution in [-0.4, -0.2) is 42.7 Å². The van der Waals surface area contributed by atoms with E-state index in [2.05, 4.69) is 4.98 Å². The highest BCUT2D eigenvalue weighted by Crippen LogP contribution is 2.40. The summed E-state index contributed by atoms with van der Waals surface area (Å²) in [5.74, 6) is 0. The maximum absolute atomic E-state index is 13.5. The second kappa shape index (κ2) is 8.25. The molecular formula is C17H18F3N3O6. The molecule has 0 aliphatic carbocycles. The lowest BCUT2D eigenvalue weighted by molar-refractivity contribution is -0.139. The van der Waals surface area contributed by atoms with Crippen molar-refractivity contribution in [2.75, 3.05) is 32.4 Å². The van der Waals surface area contributed by atoms with Crippen molar-refractivity contribution in [1.29, 1.82) is 0 Å². The summed E-state index contributed by atoms with van der Waals surface area (Å²) in [4.78, 5) is 38.7. The quantitative estimate of drug-likeness (QED) is 0.719. The molecule has 2 N–H and O–H groups in total. The maximum Gasteiger partial charge on any atom is 0.426 e. The van der Waals surface area contributed by atoms with Crippen LogP contribution in [0.4, 0.5) is 18.0 Å². The van der Waals surface area contributed by atoms with Crippen molar-refractivity contribution in [1.82, 2.24) is 9.66 Å². The molecule has 1 atom stereocenters. The number of rotatable bonds is 5. The van der Waals surface area contributed by atoms with Gasteiger partial charge in [0.2, 0.25) is 0 Å². The lowest BCUT2D eigenvalue weighted by Gasteiger charge is -2.18. The topological polar surface area (TPSA) is 112 Å². The van der Waals surface area contributed by atoms with Crippen molar-refractivity contribution in [3.05, 3.63) is 44.1 Å². The molecule has 3 rings (SSSR count). The highest BCUT2D eigenvalue weighted by molar-refractivity contribution is 5.81. The number of aromatic amines is 1. The van der Waals surface area contributed by atoms with E-state index in [0.717, 1.165) is 6.07 Å². The van der Waals surface area contributed by atoms with E-state index >= 15 is 0 Å². The van der Waals surface area contributed by atoms with Gasteiger partial charge < -0.3 is 19.2 Å². The summed E-state index contributed by atoms with van der Waals surface area (Å²) in [6.45, 7) is 0.284. The zero-order valence-corrected chi connectivity index (χ0v) is 15.3. The van der Waals surface area contributed by atoms with Crippen LogP contribution in [0.3, 0.4) is 0 Å². The Hall–Kier alpha value is -2.86. The molecular weight excluding hydrogens is 399 g/mol. The van der Waals surface area contributed by atoms with Crippen LogP contribution in [0, 0.1) is 0 Å². The van der Waals surface area contributed by atoms with Gasteiger partial charge >= 0.3 is 18.0 Å². The van der Waals surface area contributed by atoms with Gasteiger partial charge in [-0.1, -0.05) is 0 Å². The van der Waals surface area contributed by atoms with E-state index in [4.69, 9.17) is 14.2 Å². The van der Waals surface area contributed by atoms with E-state index in [-0.39, 0.29) is 29.7 Å². The van der Waals surface area contributed by atoms with E-state index in [9.17, 15) is 27.6 Å². The summed E-state index contributed by atoms with van der Waals surface area (Å²) in [6, 6.07) is 1.75. The van der Waals surface area contributed by atoms with Gasteiger partial charge in [0.05, 0.1) is 29.2 Å². The van der Waals surface area contributed by atoms with Crippen LogP contribution in [0.15, 0.2) is 21.7 Å². The Kier molecular flexibility index (Phi) is 5.94. The average molecular weight is 417 g/mol. The number of nitrogens with one attached hydrogen (secondary N) is 2. The van der Waals surface area contributed by atoms with Crippen LogP contribution < -0.4 is 16.7 Å². The molecule has 158 valence electrons. The Morgan fingerprint density at radius 2 is 2.10 bits per heavy atom. The molecule has 0 saturated carbocycles. The molecule has 1 saturated heterocycles. The van der Waals surface area contributed by atoms with Gasteiger partial charge in [0.1, 0.15) is 6.61 Å². The SMILES string of the molecule is COCCOC(=O)Nn1c(=O)[nH]c2cc(C(F)(F)F)c([C@H]3CCCO3)cc2c1=O. The molecule has 0 radical (unpaired) electrons. The number of halogens is 3. The summed E-state index contributed by atoms with van der Waals surface area (Å²) < 4.78 is 55.7. The van der Waals surface area contributed by atoms with Crippen molar-refractivity contribution in [2.24, 2.45) is 0 Å². The minimum atomic E-state index is -4.70. The molecule has 0 unspecified atom stereocenters. The molecule has 0 spiro atoms. The molecule has 1 aliphatic heterocycles. The van der Waals surface area contributed by atoms with E-state index in [0.29, 0.717) is 30.2 Å². The minimum absolute atomic E-state index is 0.0986. The zero-order valence-electron chi connectivity index (χ0n) is 15.3. The molecule has 2 heterocycles. The fraction of sp³-hybridized carbons (Fsp3) is 0.471. The van der Waals surface area contributed by atoms with Gasteiger partial charge in [-0.2, -0.15) is 17.8 Å². The number of fused-ring (bicyclic) bond motifs is 1. The highest BCUT2D eigenvalue weighted by Gasteiger charge is 2.37. The van der Waals surface area contributed by atoms with Crippen molar-refractivity contribution in [3.8, 4) is 0 Å². The van der Waals surface area contributed by atoms with Crippen LogP contribution in [-0.2, 0) is 20.4 Å². The largest absolute Gasteiger partial charge is 0.446 e. The van der Waals surface area contributed by atoms with Gasteiger partial charge in [0, 0.05) is 13.7 Å². The summed E-state index contributed by atoms with van der Waals surface area (Å²) >= 11 is 0. The van der Waals surface area contributed by atoms with Gasteiger partial charge in [-0.25, -0.2) is 15.0 Å². The second-order valence-corrected chi connectivity index (χ2v) is 6.30. The van der Waals surface area contributed by atoms with Gasteiger partial charge in [-0.05, 0) is 30.5 Å². The lowest BCUT2D eigenvalue weighted by atomic mass is 9.97. The zero-order chi connectivity index (χ0) is 21.2. The van der Waals surface area contributed by atoms with Gasteiger partial charge in [-0.3, -0.25) is 4.79 Å². The van der Waals surface area contributed by atoms with Gasteiger partial charge in [0.15, 0.2) is 0 Å². The summed E-state index contributed by atoms with van der Waals surface area (Å²) in [5, 5.41) is -0.208. The summed E-state index contributed by atoms with van der Waals surface area (Å²) in [7, 11) is 1.39. The third-order valence-electron chi connectivity index (χ3n) is 4.37. The fourth-order valence-corrected chi connectivity index (χ4v) is 3.06. The van der Waals surface area contributed by atoms with Gasteiger partial charge in [-0.15, -0.1) is 0 Å². The molecule has 1 aromatic heterocycles. The molecule has 1 aromatic carbocycles. The van der Waals surface area contributed by atoms with Crippen molar-refractivity contribution >= 4 is 17.0 Å². The Bertz CT molecular complexity index is 1020. The van der Waals surface area contributed by atoms with Crippen LogP contribution in [0.5, 0.6) is 0 Å². The number of alkyl halides is 3. The first-order chi connectivity index (χ1) is 13.7. The van der Waals surface area contributed by atoms with E-state index < -0.39 is 35.2 Å². The smallest absolute Gasteiger partial charge is 0.426 e. The van der Waals surface area contributed by atoms with Crippen LogP contribution >= 0.6 is 0 Å². The van der Waals surface area contributed by atoms with Crippen LogP contribution in [0.25, 0.3) is 10.9 Å². The number of H-pyrrole nitrogens is 1. The molecule has 0 bridgehead atoms. The average Bonchev–Trinajstić information content (AvgIpc) is 3.18. The van der Waals surface area contributed by atoms with Crippen LogP contribution in [0.2, 0.25) is 0 Å². The number of carbonyl (C=O) groups excluding carboxylic acids is 1. The first-order valence-corrected chi connectivity index (χ1v) is 8.67. The predicted molar refractivity (Wildman–Crippen MR) is 94.3 cm³/mol. The molecule has 1 amide bonds. The summed E-state index contributed by atoms with van der Waals surface area (Å²) in [6.07, 6.45) is -5.66. The Labute approximate surface area is 161 Å². The van der Waals surface area contributed by atoms with Crippen molar-refractivity contribution < 1.29 is 32.2 Å². The number of ether oxygens (including phenoxy) is 3. The Balaban J connectivity index is 2.07. The van der Waals surface area contributed by atoms with Gasteiger partial charge in [0.25, 0.3) is 5.56 Å². The number of methoxy groups -OCH3 is 1. The molecule has 1 fully saturated rings. The normalized spacial score (nSPS) is 16.9. The Morgan fingerprint density at radius 3 is 2.72 bits per heavy atom. The molecule has 2 aromatic rings. The number of carbonyl (C=O) groups is 1. The van der Waals surface area contributed by atoms with Crippen molar-refractivity contribution in [2.45, 2.75) is 25.1 Å². The fourth-order valence-electron chi connectivity index (χ4n) is 3.06. The standard InChI is InChI=1S/C17H18F3N3O6/c1-27-5-6-29-16(26)22-23-14(24)10-7-9(13-3-2-4-28-13)11(17(18,19)20)8-12(10)21-15(23)25/h7-8,13H,2-6H2,1H3,(H,21,25)(H,22,26)/t13-/m1/s1. The minimum Gasteiger partial charge on any atom is -0.446 e. The molecule has 9 nitrogen and oxygen atoms in total. The third kappa shape index (κ3) is 4.43. The summed E-state index contributed by atoms with van der Waals surface area (Å²) in [5.41, 5.74) is -1.66. The number of aromatic nitrogens is 2. The number of benzene rings is 1. The number of nitrogens with zero attached hydrogens (tertiary/aromatic N) is 1. The third-order valence-corrected chi connectivity index (χ3v) is 4.37. The van der Waals surface area contributed by atoms with Crippen LogP contribution in [0.1, 0.15) is 30.1 Å². The first kappa shape index (κ1) is 20.9. The molecule has 1 aliphatic rings. The van der Waals surface area contributed by atoms with E-state index in [1.54, 1.807) is 0 Å². The maximum atomic E-state index is 13.5. The molecule has 29 heavy (non-hydrogen) atoms. The van der Waals surface area contributed by atoms with Crippen molar-refractivity contribution in [3.63, 3.8) is 0 Å². The van der Waals surface area contributed by atoms with E-state index in [1.807, 2.05) is 5.43 Å². The number of hydrogen-bond acceptors (Lipinski definition) is 6.